The summed E-state index contributed by atoms with van der Waals surface area (Å²) < 4.78 is 0. The Labute approximate surface area is 86.6 Å². The van der Waals surface area contributed by atoms with Crippen molar-refractivity contribution in [3.05, 3.63) is 12.2 Å². The van der Waals surface area contributed by atoms with Gasteiger partial charge in [-0.1, -0.05) is 19.1 Å². The molecule has 0 heterocycles. The van der Waals surface area contributed by atoms with Crippen LogP contribution >= 0.6 is 0 Å². The first-order valence-electron chi connectivity index (χ1n) is 5.50. The molecule has 2 N–H and O–H groups in total. The highest BCUT2D eigenvalue weighted by Gasteiger charge is 2.41. The third-order valence-electron chi connectivity index (χ3n) is 3.73. The molecule has 0 saturated heterocycles. The van der Waals surface area contributed by atoms with E-state index in [9.17, 15) is 5.11 Å². The lowest BCUT2D eigenvalue weighted by Gasteiger charge is -2.26. The van der Waals surface area contributed by atoms with Gasteiger partial charge < -0.3 is 10.2 Å². The van der Waals surface area contributed by atoms with Crippen LogP contribution < -0.4 is 0 Å². The van der Waals surface area contributed by atoms with Crippen molar-refractivity contribution < 1.29 is 10.2 Å². The van der Waals surface area contributed by atoms with E-state index in [0.717, 1.165) is 25.7 Å². The molecule has 2 nitrogen and oxygen atoms in total. The van der Waals surface area contributed by atoms with Crippen molar-refractivity contribution in [1.29, 1.82) is 0 Å². The molecule has 0 spiro atoms. The average molecular weight is 198 g/mol. The lowest BCUT2D eigenvalue weighted by atomic mass is 9.83. The summed E-state index contributed by atoms with van der Waals surface area (Å²) in [4.78, 5) is 0. The van der Waals surface area contributed by atoms with Gasteiger partial charge in [-0.2, -0.15) is 0 Å². The minimum atomic E-state index is -0.521. The minimum Gasteiger partial charge on any atom is -0.396 e. The number of hydrogen-bond donors (Lipinski definition) is 2. The van der Waals surface area contributed by atoms with Crippen LogP contribution in [0.2, 0.25) is 0 Å². The van der Waals surface area contributed by atoms with Crippen molar-refractivity contribution in [2.45, 2.75) is 45.1 Å². The van der Waals surface area contributed by atoms with E-state index in [1.807, 2.05) is 6.92 Å². The second-order valence-corrected chi connectivity index (χ2v) is 4.78. The molecule has 1 aliphatic rings. The highest BCUT2D eigenvalue weighted by atomic mass is 16.3. The van der Waals surface area contributed by atoms with Crippen molar-refractivity contribution in [2.24, 2.45) is 11.8 Å². The largest absolute Gasteiger partial charge is 0.396 e. The van der Waals surface area contributed by atoms with Crippen LogP contribution in [-0.4, -0.2) is 22.4 Å². The second kappa shape index (κ2) is 4.45. The molecule has 0 aliphatic heterocycles. The monoisotopic (exact) mass is 198 g/mol. The Kier molecular flexibility index (Phi) is 3.73. The third-order valence-corrected chi connectivity index (χ3v) is 3.73. The van der Waals surface area contributed by atoms with Crippen LogP contribution in [0.3, 0.4) is 0 Å². The maximum Gasteiger partial charge on any atom is 0.0651 e. The van der Waals surface area contributed by atoms with E-state index >= 15 is 0 Å². The number of aliphatic hydroxyl groups is 2. The van der Waals surface area contributed by atoms with Crippen LogP contribution in [0.25, 0.3) is 0 Å². The van der Waals surface area contributed by atoms with E-state index in [0.29, 0.717) is 11.8 Å². The molecule has 3 atom stereocenters. The molecule has 0 aromatic heterocycles. The van der Waals surface area contributed by atoms with E-state index in [4.69, 9.17) is 5.11 Å². The lowest BCUT2D eigenvalue weighted by Crippen LogP contribution is -2.29. The van der Waals surface area contributed by atoms with Gasteiger partial charge in [0.15, 0.2) is 0 Å². The summed E-state index contributed by atoms with van der Waals surface area (Å²) in [5, 5.41) is 18.8. The molecule has 1 saturated carbocycles. The fraction of sp³-hybridized carbons (Fsp3) is 0.833. The van der Waals surface area contributed by atoms with Crippen molar-refractivity contribution in [2.75, 3.05) is 6.61 Å². The van der Waals surface area contributed by atoms with Gasteiger partial charge in [-0.3, -0.25) is 0 Å². The summed E-state index contributed by atoms with van der Waals surface area (Å²) in [6.07, 6.45) is 3.60. The van der Waals surface area contributed by atoms with Gasteiger partial charge in [0.25, 0.3) is 0 Å². The van der Waals surface area contributed by atoms with Crippen molar-refractivity contribution in [1.82, 2.24) is 0 Å². The maximum atomic E-state index is 10.0. The summed E-state index contributed by atoms with van der Waals surface area (Å²) in [7, 11) is 0. The Morgan fingerprint density at radius 1 is 1.57 bits per heavy atom. The van der Waals surface area contributed by atoms with Gasteiger partial charge in [-0.05, 0) is 44.4 Å². The van der Waals surface area contributed by atoms with E-state index in [2.05, 4.69) is 13.5 Å². The highest BCUT2D eigenvalue weighted by Crippen LogP contribution is 2.43. The SMILES string of the molecule is C=C(CCCO)[C@@H]1CC[C@](C)(O)[C@H]1C. The molecule has 14 heavy (non-hydrogen) atoms. The molecule has 0 radical (unpaired) electrons. The molecule has 0 aromatic rings. The Morgan fingerprint density at radius 3 is 2.64 bits per heavy atom. The third kappa shape index (κ3) is 2.37. The Bertz CT molecular complexity index is 208. The van der Waals surface area contributed by atoms with Crippen LogP contribution in [0.15, 0.2) is 12.2 Å². The molecule has 0 unspecified atom stereocenters. The van der Waals surface area contributed by atoms with E-state index in [1.165, 1.54) is 5.57 Å². The standard InChI is InChI=1S/C12H22O2/c1-9(5-4-8-13)11-6-7-12(3,14)10(11)2/h10-11,13-14H,1,4-8H2,2-3H3/t10-,11-,12-/m0/s1. The van der Waals surface area contributed by atoms with Crippen LogP contribution in [0.5, 0.6) is 0 Å². The van der Waals surface area contributed by atoms with Gasteiger partial charge in [-0.25, -0.2) is 0 Å². The minimum absolute atomic E-state index is 0.233. The van der Waals surface area contributed by atoms with Crippen LogP contribution in [0.4, 0.5) is 0 Å². The topological polar surface area (TPSA) is 40.5 Å². The van der Waals surface area contributed by atoms with E-state index < -0.39 is 5.60 Å². The fourth-order valence-corrected chi connectivity index (χ4v) is 2.41. The van der Waals surface area contributed by atoms with Gasteiger partial charge in [0.1, 0.15) is 0 Å². The predicted octanol–water partition coefficient (Wildman–Crippen LogP) is 2.11. The molecular formula is C12H22O2. The molecule has 1 fully saturated rings. The smallest absolute Gasteiger partial charge is 0.0651 e. The quantitative estimate of drug-likeness (QED) is 0.679. The summed E-state index contributed by atoms with van der Waals surface area (Å²) in [6.45, 7) is 8.31. The van der Waals surface area contributed by atoms with Crippen LogP contribution in [0, 0.1) is 11.8 Å². The zero-order chi connectivity index (χ0) is 10.8. The molecule has 0 amide bonds. The lowest BCUT2D eigenvalue weighted by molar-refractivity contribution is 0.0214. The Morgan fingerprint density at radius 2 is 2.21 bits per heavy atom. The normalized spacial score (nSPS) is 37.4. The summed E-state index contributed by atoms with van der Waals surface area (Å²) in [5.74, 6) is 0.741. The van der Waals surface area contributed by atoms with Crippen molar-refractivity contribution in [3.8, 4) is 0 Å². The number of allylic oxidation sites excluding steroid dienone is 1. The molecule has 1 aliphatic carbocycles. The van der Waals surface area contributed by atoms with Crippen molar-refractivity contribution in [3.63, 3.8) is 0 Å². The number of aliphatic hydroxyl groups excluding tert-OH is 1. The van der Waals surface area contributed by atoms with Crippen LogP contribution in [0.1, 0.15) is 39.5 Å². The number of hydrogen-bond acceptors (Lipinski definition) is 2. The first-order chi connectivity index (χ1) is 6.49. The van der Waals surface area contributed by atoms with Gasteiger partial charge in [0.05, 0.1) is 5.60 Å². The number of rotatable bonds is 4. The molecule has 0 aromatic carbocycles. The van der Waals surface area contributed by atoms with Gasteiger partial charge in [0.2, 0.25) is 0 Å². The first-order valence-corrected chi connectivity index (χ1v) is 5.50. The zero-order valence-electron chi connectivity index (χ0n) is 9.29. The van der Waals surface area contributed by atoms with Crippen LogP contribution in [-0.2, 0) is 0 Å². The van der Waals surface area contributed by atoms with Crippen molar-refractivity contribution >= 4 is 0 Å². The van der Waals surface area contributed by atoms with Gasteiger partial charge in [-0.15, -0.1) is 0 Å². The van der Waals surface area contributed by atoms with Gasteiger partial charge in [0, 0.05) is 6.61 Å². The summed E-state index contributed by atoms with van der Waals surface area (Å²) in [6, 6.07) is 0. The Hall–Kier alpha value is -0.340. The first kappa shape index (κ1) is 11.7. The molecule has 2 heteroatoms. The van der Waals surface area contributed by atoms with Gasteiger partial charge >= 0.3 is 0 Å². The van der Waals surface area contributed by atoms with E-state index in [-0.39, 0.29) is 6.61 Å². The summed E-state index contributed by atoms with van der Waals surface area (Å²) in [5.41, 5.74) is 0.677. The second-order valence-electron chi connectivity index (χ2n) is 4.78. The van der Waals surface area contributed by atoms with E-state index in [1.54, 1.807) is 0 Å². The average Bonchev–Trinajstić information content (AvgIpc) is 2.39. The predicted molar refractivity (Wildman–Crippen MR) is 58.0 cm³/mol. The molecule has 1 rings (SSSR count). The molecule has 0 bridgehead atoms. The highest BCUT2D eigenvalue weighted by molar-refractivity contribution is 5.09. The summed E-state index contributed by atoms with van der Waals surface area (Å²) >= 11 is 0. The molecule has 82 valence electrons. The molecular weight excluding hydrogens is 176 g/mol. The Balaban J connectivity index is 2.50. The zero-order valence-corrected chi connectivity index (χ0v) is 9.29. The fourth-order valence-electron chi connectivity index (χ4n) is 2.41. The maximum absolute atomic E-state index is 10.0.